The molecule has 2 atom stereocenters. The molecular weight excluding hydrogens is 152 g/mol. The summed E-state index contributed by atoms with van der Waals surface area (Å²) in [6.07, 6.45) is 2.39. The minimum absolute atomic E-state index is 0.221. The zero-order chi connectivity index (χ0) is 8.81. The van der Waals surface area contributed by atoms with Crippen LogP contribution in [0.4, 0.5) is 0 Å². The Morgan fingerprint density at radius 1 is 1.67 bits per heavy atom. The molecule has 0 aliphatic carbocycles. The normalized spacial score (nSPS) is 27.0. The third kappa shape index (κ3) is 4.04. The molecule has 1 heterocycles. The van der Waals surface area contributed by atoms with Crippen molar-refractivity contribution in [3.05, 3.63) is 0 Å². The van der Waals surface area contributed by atoms with Crippen LogP contribution in [0.3, 0.4) is 0 Å². The van der Waals surface area contributed by atoms with Gasteiger partial charge in [0.05, 0.1) is 6.10 Å². The van der Waals surface area contributed by atoms with E-state index in [2.05, 4.69) is 10.6 Å². The van der Waals surface area contributed by atoms with Crippen molar-refractivity contribution < 1.29 is 5.11 Å². The molecule has 0 spiro atoms. The van der Waals surface area contributed by atoms with Gasteiger partial charge in [0.15, 0.2) is 0 Å². The Kier molecular flexibility index (Phi) is 4.58. The van der Waals surface area contributed by atoms with E-state index in [4.69, 9.17) is 5.11 Å². The molecule has 1 saturated heterocycles. The highest BCUT2D eigenvalue weighted by Gasteiger charge is 2.11. The first-order valence-electron chi connectivity index (χ1n) is 4.88. The van der Waals surface area contributed by atoms with Crippen LogP contribution in [0.2, 0.25) is 0 Å². The quantitative estimate of drug-likeness (QED) is 0.557. The van der Waals surface area contributed by atoms with Gasteiger partial charge < -0.3 is 15.7 Å². The van der Waals surface area contributed by atoms with Crippen LogP contribution < -0.4 is 10.6 Å². The highest BCUT2D eigenvalue weighted by atomic mass is 16.3. The van der Waals surface area contributed by atoms with Gasteiger partial charge in [0.2, 0.25) is 0 Å². The average Bonchev–Trinajstić information content (AvgIpc) is 2.05. The molecule has 2 unspecified atom stereocenters. The first kappa shape index (κ1) is 9.96. The number of aliphatic hydroxyl groups excluding tert-OH is 1. The Morgan fingerprint density at radius 3 is 3.08 bits per heavy atom. The standard InChI is InChI=1S/C9H20N2O/c1-8(12)5-11-7-9-3-2-4-10-6-9/h8-12H,2-7H2,1H3. The molecule has 1 aliphatic rings. The van der Waals surface area contributed by atoms with Crippen LogP contribution in [-0.4, -0.2) is 37.4 Å². The predicted molar refractivity (Wildman–Crippen MR) is 50.1 cm³/mol. The number of aliphatic hydroxyl groups is 1. The Hall–Kier alpha value is -0.120. The van der Waals surface area contributed by atoms with Crippen molar-refractivity contribution in [2.45, 2.75) is 25.9 Å². The SMILES string of the molecule is CC(O)CNCC1CCCNC1. The van der Waals surface area contributed by atoms with Gasteiger partial charge in [0.25, 0.3) is 0 Å². The molecule has 3 N–H and O–H groups in total. The van der Waals surface area contributed by atoms with E-state index in [0.29, 0.717) is 0 Å². The van der Waals surface area contributed by atoms with Gasteiger partial charge in [-0.1, -0.05) is 0 Å². The molecule has 1 aliphatic heterocycles. The van der Waals surface area contributed by atoms with Crippen molar-refractivity contribution in [2.75, 3.05) is 26.2 Å². The van der Waals surface area contributed by atoms with Crippen molar-refractivity contribution in [3.8, 4) is 0 Å². The molecule has 12 heavy (non-hydrogen) atoms. The zero-order valence-electron chi connectivity index (χ0n) is 7.84. The van der Waals surface area contributed by atoms with E-state index in [-0.39, 0.29) is 6.10 Å². The smallest absolute Gasteiger partial charge is 0.0636 e. The van der Waals surface area contributed by atoms with Crippen LogP contribution in [0.15, 0.2) is 0 Å². The summed E-state index contributed by atoms with van der Waals surface area (Å²) in [5.74, 6) is 0.762. The molecule has 0 radical (unpaired) electrons. The summed E-state index contributed by atoms with van der Waals surface area (Å²) in [4.78, 5) is 0. The number of hydrogen-bond donors (Lipinski definition) is 3. The van der Waals surface area contributed by atoms with Crippen LogP contribution in [0.5, 0.6) is 0 Å². The molecule has 0 aromatic carbocycles. The van der Waals surface area contributed by atoms with Crippen LogP contribution in [-0.2, 0) is 0 Å². The van der Waals surface area contributed by atoms with E-state index >= 15 is 0 Å². The second-order valence-electron chi connectivity index (χ2n) is 3.72. The second kappa shape index (κ2) is 5.51. The molecule has 0 saturated carbocycles. The van der Waals surface area contributed by atoms with Gasteiger partial charge in [-0.15, -0.1) is 0 Å². The third-order valence-corrected chi connectivity index (χ3v) is 2.27. The number of rotatable bonds is 4. The summed E-state index contributed by atoms with van der Waals surface area (Å²) < 4.78 is 0. The lowest BCUT2D eigenvalue weighted by atomic mass is 10.00. The molecule has 72 valence electrons. The molecular formula is C9H20N2O. The lowest BCUT2D eigenvalue weighted by Gasteiger charge is -2.23. The Bertz CT molecular complexity index is 111. The topological polar surface area (TPSA) is 44.3 Å². The highest BCUT2D eigenvalue weighted by Crippen LogP contribution is 2.07. The lowest BCUT2D eigenvalue weighted by molar-refractivity contribution is 0.187. The van der Waals surface area contributed by atoms with Crippen molar-refractivity contribution in [1.82, 2.24) is 10.6 Å². The average molecular weight is 172 g/mol. The van der Waals surface area contributed by atoms with Crippen molar-refractivity contribution in [3.63, 3.8) is 0 Å². The van der Waals surface area contributed by atoms with E-state index in [1.807, 2.05) is 6.92 Å². The van der Waals surface area contributed by atoms with E-state index < -0.39 is 0 Å². The fraction of sp³-hybridized carbons (Fsp3) is 1.00. The van der Waals surface area contributed by atoms with Gasteiger partial charge in [-0.3, -0.25) is 0 Å². The van der Waals surface area contributed by atoms with E-state index in [1.165, 1.54) is 19.4 Å². The van der Waals surface area contributed by atoms with Gasteiger partial charge in [0.1, 0.15) is 0 Å². The fourth-order valence-electron chi connectivity index (χ4n) is 1.59. The van der Waals surface area contributed by atoms with Crippen LogP contribution in [0, 0.1) is 5.92 Å². The van der Waals surface area contributed by atoms with Crippen LogP contribution in [0.25, 0.3) is 0 Å². The first-order valence-corrected chi connectivity index (χ1v) is 4.88. The summed E-state index contributed by atoms with van der Waals surface area (Å²) in [7, 11) is 0. The molecule has 1 rings (SSSR count). The number of nitrogens with one attached hydrogen (secondary N) is 2. The molecule has 0 amide bonds. The number of piperidine rings is 1. The maximum atomic E-state index is 9.00. The summed E-state index contributed by atoms with van der Waals surface area (Å²) in [6.45, 7) is 5.88. The Labute approximate surface area is 74.5 Å². The first-order chi connectivity index (χ1) is 5.79. The van der Waals surface area contributed by atoms with Gasteiger partial charge in [0, 0.05) is 6.54 Å². The third-order valence-electron chi connectivity index (χ3n) is 2.27. The maximum absolute atomic E-state index is 9.00. The maximum Gasteiger partial charge on any atom is 0.0636 e. The second-order valence-corrected chi connectivity index (χ2v) is 3.72. The van der Waals surface area contributed by atoms with Gasteiger partial charge in [-0.2, -0.15) is 0 Å². The summed E-state index contributed by atoms with van der Waals surface area (Å²) in [5, 5.41) is 15.6. The van der Waals surface area contributed by atoms with E-state index in [0.717, 1.165) is 25.6 Å². The van der Waals surface area contributed by atoms with Gasteiger partial charge in [-0.05, 0) is 45.3 Å². The lowest BCUT2D eigenvalue weighted by Crippen LogP contribution is -2.37. The monoisotopic (exact) mass is 172 g/mol. The van der Waals surface area contributed by atoms with E-state index in [9.17, 15) is 0 Å². The Morgan fingerprint density at radius 2 is 2.50 bits per heavy atom. The fourth-order valence-corrected chi connectivity index (χ4v) is 1.59. The summed E-state index contributed by atoms with van der Waals surface area (Å²) in [6, 6.07) is 0. The minimum Gasteiger partial charge on any atom is -0.392 e. The van der Waals surface area contributed by atoms with Gasteiger partial charge in [-0.25, -0.2) is 0 Å². The highest BCUT2D eigenvalue weighted by molar-refractivity contribution is 4.71. The molecule has 0 aromatic heterocycles. The predicted octanol–water partition coefficient (Wildman–Crippen LogP) is -0.0436. The molecule has 0 aromatic rings. The van der Waals surface area contributed by atoms with Crippen molar-refractivity contribution in [1.29, 1.82) is 0 Å². The summed E-state index contributed by atoms with van der Waals surface area (Å²) >= 11 is 0. The summed E-state index contributed by atoms with van der Waals surface area (Å²) in [5.41, 5.74) is 0. The molecule has 3 nitrogen and oxygen atoms in total. The van der Waals surface area contributed by atoms with Crippen LogP contribution in [0.1, 0.15) is 19.8 Å². The van der Waals surface area contributed by atoms with E-state index in [1.54, 1.807) is 0 Å². The Balaban J connectivity index is 1.98. The molecule has 1 fully saturated rings. The molecule has 0 bridgehead atoms. The van der Waals surface area contributed by atoms with Crippen molar-refractivity contribution >= 4 is 0 Å². The minimum atomic E-state index is -0.221. The largest absolute Gasteiger partial charge is 0.392 e. The van der Waals surface area contributed by atoms with Crippen LogP contribution >= 0.6 is 0 Å². The number of hydrogen-bond acceptors (Lipinski definition) is 3. The van der Waals surface area contributed by atoms with Gasteiger partial charge >= 0.3 is 0 Å². The zero-order valence-corrected chi connectivity index (χ0v) is 7.84. The van der Waals surface area contributed by atoms with Crippen molar-refractivity contribution in [2.24, 2.45) is 5.92 Å². The molecule has 3 heteroatoms.